The van der Waals surface area contributed by atoms with Gasteiger partial charge in [-0.05, 0) is 82.0 Å². The number of halogens is 1. The molecule has 0 aliphatic heterocycles. The lowest BCUT2D eigenvalue weighted by Gasteiger charge is -2.27. The first-order valence-corrected chi connectivity index (χ1v) is 16.5. The molecule has 0 bridgehead atoms. The second kappa shape index (κ2) is 15.8. The average molecular weight is 573 g/mol. The Labute approximate surface area is 247 Å². The molecule has 0 spiro atoms. The van der Waals surface area contributed by atoms with Crippen molar-refractivity contribution in [2.24, 2.45) is 0 Å². The number of hydrogen-bond acceptors (Lipinski definition) is 2. The molecule has 4 heteroatoms. The number of ketones is 2. The normalized spacial score (nSPS) is 13.7. The van der Waals surface area contributed by atoms with E-state index in [2.05, 4.69) is 91.0 Å². The van der Waals surface area contributed by atoms with Gasteiger partial charge in [0.1, 0.15) is 23.2 Å². The van der Waals surface area contributed by atoms with Crippen LogP contribution in [-0.2, 0) is 9.59 Å². The molecule has 1 aliphatic carbocycles. The van der Waals surface area contributed by atoms with Crippen molar-refractivity contribution in [1.29, 1.82) is 0 Å². The Morgan fingerprint density at radius 2 is 0.925 bits per heavy atom. The maximum Gasteiger partial charge on any atom is 0.185 e. The molecule has 0 N–H and O–H groups in total. The summed E-state index contributed by atoms with van der Waals surface area (Å²) in [5.41, 5.74) is 1.92. The summed E-state index contributed by atoms with van der Waals surface area (Å²) in [6.07, 6.45) is 13.0. The zero-order valence-electron chi connectivity index (χ0n) is 24.0. The van der Waals surface area contributed by atoms with E-state index in [9.17, 15) is 9.59 Å². The molecule has 2 nitrogen and oxygen atoms in total. The van der Waals surface area contributed by atoms with Gasteiger partial charge in [0.25, 0.3) is 0 Å². The highest BCUT2D eigenvalue weighted by Gasteiger charge is 2.44. The van der Waals surface area contributed by atoms with Crippen LogP contribution in [0.1, 0.15) is 71.6 Å². The molecule has 3 aromatic carbocycles. The van der Waals surface area contributed by atoms with Crippen molar-refractivity contribution in [3.05, 3.63) is 114 Å². The van der Waals surface area contributed by atoms with Crippen LogP contribution in [0, 0.1) is 0 Å². The van der Waals surface area contributed by atoms with E-state index in [1.54, 1.807) is 19.9 Å². The van der Waals surface area contributed by atoms with E-state index >= 15 is 0 Å². The molecule has 0 aromatic heterocycles. The predicted molar refractivity (Wildman–Crippen MR) is 168 cm³/mol. The highest BCUT2D eigenvalue weighted by atomic mass is 35.5. The molecule has 210 valence electrons. The van der Waals surface area contributed by atoms with Gasteiger partial charge in [-0.15, -0.1) is 0 Å². The first-order valence-electron chi connectivity index (χ1n) is 14.6. The number of benzene rings is 3. The monoisotopic (exact) mass is 572 g/mol. The lowest BCUT2D eigenvalue weighted by molar-refractivity contribution is -0.116. The molecule has 0 atom stereocenters. The second-order valence-corrected chi connectivity index (χ2v) is 14.3. The van der Waals surface area contributed by atoms with Crippen molar-refractivity contribution >= 4 is 34.7 Å². The fourth-order valence-corrected chi connectivity index (χ4v) is 10.1. The van der Waals surface area contributed by atoms with Crippen LogP contribution in [-0.4, -0.2) is 17.7 Å². The van der Waals surface area contributed by atoms with Gasteiger partial charge in [-0.2, -0.15) is 0 Å². The van der Waals surface area contributed by atoms with Crippen molar-refractivity contribution < 1.29 is 22.0 Å². The molecule has 40 heavy (non-hydrogen) atoms. The number of Topliss-reactive ketones (excluding diaryl/α,β-unsaturated/α-hetero) is 1. The standard InChI is InChI=1S/C36H42O2P.ClH/c1-29-30(2)36(38)31(28-35(29)37)20-12-7-5-3-4-6-8-19-27-39(32-21-13-9-14-22-32,33-23-15-10-16-24-33)34-25-17-11-18-26-34;/h9-11,13-18,21-26,28H,3-8,12,19-20,27H2,1-2H3;1H/q+1;/p-1. The Balaban J connectivity index is 0.00000441. The molecule has 0 saturated carbocycles. The third-order valence-electron chi connectivity index (χ3n) is 8.15. The minimum atomic E-state index is -1.72. The van der Waals surface area contributed by atoms with Gasteiger partial charge < -0.3 is 12.4 Å². The second-order valence-electron chi connectivity index (χ2n) is 10.7. The van der Waals surface area contributed by atoms with E-state index < -0.39 is 7.26 Å². The number of allylic oxidation sites excluding steroid dienone is 4. The minimum Gasteiger partial charge on any atom is -1.00 e. The summed E-state index contributed by atoms with van der Waals surface area (Å²) in [5.74, 6) is 0.0629. The summed E-state index contributed by atoms with van der Waals surface area (Å²) >= 11 is 0. The zero-order valence-corrected chi connectivity index (χ0v) is 25.6. The summed E-state index contributed by atoms with van der Waals surface area (Å²) < 4.78 is 0. The highest BCUT2D eigenvalue weighted by Crippen LogP contribution is 2.56. The van der Waals surface area contributed by atoms with Gasteiger partial charge in [0.05, 0.1) is 6.16 Å². The maximum atomic E-state index is 12.4. The van der Waals surface area contributed by atoms with Crippen LogP contribution in [0.2, 0.25) is 0 Å². The number of carbonyl (C=O) groups is 2. The molecule has 0 saturated heterocycles. The fourth-order valence-electron chi connectivity index (χ4n) is 5.72. The van der Waals surface area contributed by atoms with Crippen LogP contribution in [0.5, 0.6) is 0 Å². The number of rotatable bonds is 14. The number of carbonyl (C=O) groups excluding carboxylic acids is 2. The van der Waals surface area contributed by atoms with E-state index in [-0.39, 0.29) is 24.0 Å². The lowest BCUT2D eigenvalue weighted by atomic mass is 9.88. The summed E-state index contributed by atoms with van der Waals surface area (Å²) in [7, 11) is -1.72. The summed E-state index contributed by atoms with van der Waals surface area (Å²) in [6, 6.07) is 33.5. The smallest absolute Gasteiger partial charge is 0.185 e. The molecule has 1 aliphatic rings. The van der Waals surface area contributed by atoms with Crippen LogP contribution in [0.15, 0.2) is 114 Å². The molecule has 0 fully saturated rings. The Kier molecular flexibility index (Phi) is 12.6. The van der Waals surface area contributed by atoms with E-state index in [0.29, 0.717) is 16.7 Å². The first kappa shape index (κ1) is 31.7. The van der Waals surface area contributed by atoms with Crippen molar-refractivity contribution in [1.82, 2.24) is 0 Å². The summed E-state index contributed by atoms with van der Waals surface area (Å²) in [6.45, 7) is 3.52. The zero-order chi connectivity index (χ0) is 27.5. The largest absolute Gasteiger partial charge is 1.00 e. The van der Waals surface area contributed by atoms with Gasteiger partial charge in [-0.1, -0.05) is 86.7 Å². The molecular weight excluding hydrogens is 531 g/mol. The van der Waals surface area contributed by atoms with E-state index in [1.807, 2.05) is 0 Å². The van der Waals surface area contributed by atoms with Gasteiger partial charge in [0.2, 0.25) is 0 Å². The van der Waals surface area contributed by atoms with E-state index in [1.165, 1.54) is 60.6 Å². The Morgan fingerprint density at radius 3 is 1.38 bits per heavy atom. The third-order valence-corrected chi connectivity index (χ3v) is 12.7. The molecule has 4 rings (SSSR count). The molecular formula is C36H42ClO2P. The van der Waals surface area contributed by atoms with Gasteiger partial charge >= 0.3 is 0 Å². The number of unbranched alkanes of at least 4 members (excludes halogenated alkanes) is 7. The Hall–Kier alpha value is -2.80. The average Bonchev–Trinajstić information content (AvgIpc) is 2.99. The van der Waals surface area contributed by atoms with Crippen LogP contribution < -0.4 is 28.3 Å². The Bertz CT molecular complexity index is 1200. The van der Waals surface area contributed by atoms with Gasteiger partial charge in [0.15, 0.2) is 11.6 Å². The van der Waals surface area contributed by atoms with Crippen molar-refractivity contribution in [3.63, 3.8) is 0 Å². The minimum absolute atomic E-state index is 0. The fraction of sp³-hybridized carbons (Fsp3) is 0.333. The quantitative estimate of drug-likeness (QED) is 0.156. The molecule has 0 radical (unpaired) electrons. The van der Waals surface area contributed by atoms with Gasteiger partial charge in [0, 0.05) is 16.7 Å². The third kappa shape index (κ3) is 7.68. The Morgan fingerprint density at radius 1 is 0.525 bits per heavy atom. The lowest BCUT2D eigenvalue weighted by Crippen LogP contribution is -3.00. The van der Waals surface area contributed by atoms with E-state index in [4.69, 9.17) is 0 Å². The molecule has 0 unspecified atom stereocenters. The molecule has 0 heterocycles. The summed E-state index contributed by atoms with van der Waals surface area (Å²) in [5, 5.41) is 4.41. The number of hydrogen-bond donors (Lipinski definition) is 0. The first-order chi connectivity index (χ1) is 19.0. The van der Waals surface area contributed by atoms with Gasteiger partial charge in [-0.25, -0.2) is 0 Å². The van der Waals surface area contributed by atoms with Crippen LogP contribution in [0.3, 0.4) is 0 Å². The van der Waals surface area contributed by atoms with Gasteiger partial charge in [-0.3, -0.25) is 9.59 Å². The molecule has 3 aromatic rings. The maximum absolute atomic E-state index is 12.4. The topological polar surface area (TPSA) is 34.1 Å². The van der Waals surface area contributed by atoms with Crippen LogP contribution >= 0.6 is 7.26 Å². The van der Waals surface area contributed by atoms with Crippen molar-refractivity contribution in [3.8, 4) is 0 Å². The molecule has 0 amide bonds. The summed E-state index contributed by atoms with van der Waals surface area (Å²) in [4.78, 5) is 24.5. The predicted octanol–water partition coefficient (Wildman–Crippen LogP) is 4.91. The SMILES string of the molecule is CC1=C(C)C(=O)C(CCCCCCCCCC[P+](c2ccccc2)(c2ccccc2)c2ccccc2)=CC1=O.[Cl-]. The van der Waals surface area contributed by atoms with Crippen molar-refractivity contribution in [2.45, 2.75) is 71.6 Å². The van der Waals surface area contributed by atoms with Crippen molar-refractivity contribution in [2.75, 3.05) is 6.16 Å². The van der Waals surface area contributed by atoms with Crippen LogP contribution in [0.4, 0.5) is 0 Å². The van der Waals surface area contributed by atoms with E-state index in [0.717, 1.165) is 19.3 Å². The van der Waals surface area contributed by atoms with Crippen LogP contribution in [0.25, 0.3) is 0 Å². The highest BCUT2D eigenvalue weighted by molar-refractivity contribution is 7.95.